The van der Waals surface area contributed by atoms with Crippen LogP contribution in [0.4, 0.5) is 4.39 Å². The number of aryl methyl sites for hydroxylation is 1. The first-order valence-corrected chi connectivity index (χ1v) is 10.8. The van der Waals surface area contributed by atoms with Crippen LogP contribution in [0.5, 0.6) is 0 Å². The summed E-state index contributed by atoms with van der Waals surface area (Å²) >= 11 is 0. The molecule has 1 fully saturated rings. The van der Waals surface area contributed by atoms with Crippen molar-refractivity contribution >= 4 is 11.8 Å². The van der Waals surface area contributed by atoms with Crippen LogP contribution in [0.2, 0.25) is 0 Å². The Labute approximate surface area is 187 Å². The largest absolute Gasteiger partial charge is 0.352 e. The van der Waals surface area contributed by atoms with Gasteiger partial charge in [0.1, 0.15) is 5.82 Å². The van der Waals surface area contributed by atoms with Gasteiger partial charge in [-0.15, -0.1) is 0 Å². The average Bonchev–Trinajstić information content (AvgIpc) is 2.83. The molecule has 5 nitrogen and oxygen atoms in total. The third kappa shape index (κ3) is 5.02. The fraction of sp³-hybridized carbons (Fsp3) is 0.269. The van der Waals surface area contributed by atoms with E-state index in [-0.39, 0.29) is 23.5 Å². The standard InChI is InChI=1S/C26H26FN3O2/c1-18-6-10-20(11-7-18)24-23(5-2-14-28-24)26(32)30-15-3-4-21(17-30)25(31)29-16-19-8-12-22(27)13-9-19/h2,5-14,21H,3-4,15-17H2,1H3,(H,29,31). The molecule has 6 heteroatoms. The van der Waals surface area contributed by atoms with Crippen LogP contribution >= 0.6 is 0 Å². The predicted octanol–water partition coefficient (Wildman–Crippen LogP) is 4.36. The molecule has 2 heterocycles. The number of carbonyl (C=O) groups is 2. The number of nitrogens with zero attached hydrogens (tertiary/aromatic N) is 2. The number of amides is 2. The maximum atomic E-state index is 13.4. The lowest BCUT2D eigenvalue weighted by Crippen LogP contribution is -2.45. The molecule has 164 valence electrons. The van der Waals surface area contributed by atoms with Gasteiger partial charge in [0.15, 0.2) is 0 Å². The third-order valence-corrected chi connectivity index (χ3v) is 5.82. The molecule has 2 aromatic carbocycles. The highest BCUT2D eigenvalue weighted by Gasteiger charge is 2.30. The molecule has 1 aliphatic heterocycles. The molecule has 1 N–H and O–H groups in total. The van der Waals surface area contributed by atoms with E-state index in [0.717, 1.165) is 29.5 Å². The van der Waals surface area contributed by atoms with Crippen molar-refractivity contribution < 1.29 is 14.0 Å². The Hall–Kier alpha value is -3.54. The first kappa shape index (κ1) is 21.7. The first-order chi connectivity index (χ1) is 15.5. The number of likely N-dealkylation sites (tertiary alicyclic amines) is 1. The van der Waals surface area contributed by atoms with Gasteiger partial charge in [-0.05, 0) is 49.6 Å². The monoisotopic (exact) mass is 431 g/mol. The van der Waals surface area contributed by atoms with Crippen LogP contribution in [0, 0.1) is 18.7 Å². The van der Waals surface area contributed by atoms with Crippen LogP contribution in [0.15, 0.2) is 66.9 Å². The molecule has 4 rings (SSSR count). The van der Waals surface area contributed by atoms with Gasteiger partial charge in [0.05, 0.1) is 17.2 Å². The first-order valence-electron chi connectivity index (χ1n) is 10.8. The summed E-state index contributed by atoms with van der Waals surface area (Å²) in [6.45, 7) is 3.34. The SMILES string of the molecule is Cc1ccc(-c2ncccc2C(=O)N2CCCC(C(=O)NCc3ccc(F)cc3)C2)cc1. The van der Waals surface area contributed by atoms with Gasteiger partial charge in [0.2, 0.25) is 5.91 Å². The van der Waals surface area contributed by atoms with E-state index in [1.165, 1.54) is 12.1 Å². The number of pyridine rings is 1. The maximum absolute atomic E-state index is 13.4. The number of hydrogen-bond donors (Lipinski definition) is 1. The van der Waals surface area contributed by atoms with Gasteiger partial charge in [-0.2, -0.15) is 0 Å². The molecule has 1 atom stereocenters. The number of carbonyl (C=O) groups excluding carboxylic acids is 2. The number of nitrogens with one attached hydrogen (secondary N) is 1. The lowest BCUT2D eigenvalue weighted by molar-refractivity contribution is -0.126. The van der Waals surface area contributed by atoms with Crippen molar-refractivity contribution in [2.45, 2.75) is 26.3 Å². The summed E-state index contributed by atoms with van der Waals surface area (Å²) in [6.07, 6.45) is 3.19. The summed E-state index contributed by atoms with van der Waals surface area (Å²) in [5, 5.41) is 2.92. The highest BCUT2D eigenvalue weighted by Crippen LogP contribution is 2.25. The number of rotatable bonds is 5. The van der Waals surface area contributed by atoms with E-state index in [0.29, 0.717) is 30.9 Å². The van der Waals surface area contributed by atoms with Crippen LogP contribution in [0.25, 0.3) is 11.3 Å². The maximum Gasteiger partial charge on any atom is 0.256 e. The van der Waals surface area contributed by atoms with Gasteiger partial charge in [0, 0.05) is 31.4 Å². The topological polar surface area (TPSA) is 62.3 Å². The van der Waals surface area contributed by atoms with Crippen molar-refractivity contribution in [3.05, 3.63) is 89.4 Å². The fourth-order valence-electron chi connectivity index (χ4n) is 4.00. The van der Waals surface area contributed by atoms with Gasteiger partial charge in [-0.25, -0.2) is 4.39 Å². The zero-order valence-electron chi connectivity index (χ0n) is 18.1. The van der Waals surface area contributed by atoms with Gasteiger partial charge in [0.25, 0.3) is 5.91 Å². The second-order valence-corrected chi connectivity index (χ2v) is 8.20. The number of aromatic nitrogens is 1. The van der Waals surface area contributed by atoms with Crippen molar-refractivity contribution in [2.75, 3.05) is 13.1 Å². The molecular weight excluding hydrogens is 405 g/mol. The minimum atomic E-state index is -0.304. The predicted molar refractivity (Wildman–Crippen MR) is 121 cm³/mol. The van der Waals surface area contributed by atoms with Crippen molar-refractivity contribution in [2.24, 2.45) is 5.92 Å². The normalized spacial score (nSPS) is 15.9. The molecule has 0 radical (unpaired) electrons. The summed E-state index contributed by atoms with van der Waals surface area (Å²) in [4.78, 5) is 32.3. The van der Waals surface area contributed by atoms with Gasteiger partial charge < -0.3 is 10.2 Å². The van der Waals surface area contributed by atoms with E-state index in [4.69, 9.17) is 0 Å². The summed E-state index contributed by atoms with van der Waals surface area (Å²) in [5.41, 5.74) is 4.07. The lowest BCUT2D eigenvalue weighted by atomic mass is 9.95. The molecule has 1 saturated heterocycles. The van der Waals surface area contributed by atoms with Crippen molar-refractivity contribution in [1.29, 1.82) is 0 Å². The zero-order chi connectivity index (χ0) is 22.5. The minimum absolute atomic E-state index is 0.0863. The van der Waals surface area contributed by atoms with Crippen LogP contribution < -0.4 is 5.32 Å². The second-order valence-electron chi connectivity index (χ2n) is 8.20. The molecule has 1 aliphatic rings. The molecule has 0 bridgehead atoms. The number of benzene rings is 2. The van der Waals surface area contributed by atoms with Gasteiger partial charge in [-0.1, -0.05) is 42.0 Å². The van der Waals surface area contributed by atoms with Gasteiger partial charge in [-0.3, -0.25) is 14.6 Å². The Morgan fingerprint density at radius 3 is 2.59 bits per heavy atom. The minimum Gasteiger partial charge on any atom is -0.352 e. The van der Waals surface area contributed by atoms with Gasteiger partial charge >= 0.3 is 0 Å². The third-order valence-electron chi connectivity index (χ3n) is 5.82. The van der Waals surface area contributed by atoms with E-state index in [2.05, 4.69) is 10.3 Å². The van der Waals surface area contributed by atoms with E-state index in [9.17, 15) is 14.0 Å². The summed E-state index contributed by atoms with van der Waals surface area (Å²) in [5.74, 6) is -0.768. The molecule has 1 aromatic heterocycles. The molecule has 0 aliphatic carbocycles. The highest BCUT2D eigenvalue weighted by molar-refractivity contribution is 6.00. The summed E-state index contributed by atoms with van der Waals surface area (Å²) in [7, 11) is 0. The van der Waals surface area contributed by atoms with E-state index < -0.39 is 0 Å². The molecule has 32 heavy (non-hydrogen) atoms. The Bertz CT molecular complexity index is 1100. The summed E-state index contributed by atoms with van der Waals surface area (Å²) in [6, 6.07) is 17.6. The molecule has 3 aromatic rings. The van der Waals surface area contributed by atoms with E-state index in [1.807, 2.05) is 31.2 Å². The quantitative estimate of drug-likeness (QED) is 0.653. The number of piperidine rings is 1. The highest BCUT2D eigenvalue weighted by atomic mass is 19.1. The fourth-order valence-corrected chi connectivity index (χ4v) is 4.00. The van der Waals surface area contributed by atoms with Crippen LogP contribution in [0.1, 0.15) is 34.3 Å². The Morgan fingerprint density at radius 1 is 1.09 bits per heavy atom. The van der Waals surface area contributed by atoms with Crippen molar-refractivity contribution in [3.63, 3.8) is 0 Å². The van der Waals surface area contributed by atoms with Crippen molar-refractivity contribution in [1.82, 2.24) is 15.2 Å². The van der Waals surface area contributed by atoms with Crippen LogP contribution in [-0.4, -0.2) is 34.8 Å². The Morgan fingerprint density at radius 2 is 1.84 bits per heavy atom. The molecular formula is C26H26FN3O2. The van der Waals surface area contributed by atoms with Crippen molar-refractivity contribution in [3.8, 4) is 11.3 Å². The summed E-state index contributed by atoms with van der Waals surface area (Å²) < 4.78 is 13.1. The number of halogens is 1. The molecule has 0 spiro atoms. The Kier molecular flexibility index (Phi) is 6.59. The van der Waals surface area contributed by atoms with Crippen LogP contribution in [0.3, 0.4) is 0 Å². The zero-order valence-corrected chi connectivity index (χ0v) is 18.1. The smallest absolute Gasteiger partial charge is 0.256 e. The second kappa shape index (κ2) is 9.73. The van der Waals surface area contributed by atoms with Crippen LogP contribution in [-0.2, 0) is 11.3 Å². The molecule has 2 amide bonds. The molecule has 1 unspecified atom stereocenters. The van der Waals surface area contributed by atoms with E-state index >= 15 is 0 Å². The lowest BCUT2D eigenvalue weighted by Gasteiger charge is -2.32. The average molecular weight is 432 g/mol. The molecule has 0 saturated carbocycles. The Balaban J connectivity index is 1.44. The number of hydrogen-bond acceptors (Lipinski definition) is 3. The van der Waals surface area contributed by atoms with E-state index in [1.54, 1.807) is 35.4 Å².